The molecular weight excluding hydrogens is 234 g/mol. The van der Waals surface area contributed by atoms with Gasteiger partial charge in [-0.25, -0.2) is 4.68 Å². The fourth-order valence-electron chi connectivity index (χ4n) is 2.06. The highest BCUT2D eigenvalue weighted by Crippen LogP contribution is 2.29. The van der Waals surface area contributed by atoms with E-state index < -0.39 is 0 Å². The molecule has 0 fully saturated rings. The van der Waals surface area contributed by atoms with Gasteiger partial charge in [0, 0.05) is 30.2 Å². The third-order valence-corrected chi connectivity index (χ3v) is 3.06. The first-order valence-corrected chi connectivity index (χ1v) is 6.49. The minimum absolute atomic E-state index is 0.134. The predicted octanol–water partition coefficient (Wildman–Crippen LogP) is 3.89. The molecule has 0 radical (unpaired) electrons. The van der Waals surface area contributed by atoms with Crippen molar-refractivity contribution < 1.29 is 0 Å². The van der Waals surface area contributed by atoms with E-state index in [1.807, 2.05) is 12.4 Å². The first-order chi connectivity index (χ1) is 9.00. The number of nitrogens with zero attached hydrogens (tertiary/aromatic N) is 2. The predicted molar refractivity (Wildman–Crippen MR) is 81.1 cm³/mol. The molecule has 0 aliphatic carbocycles. The Morgan fingerprint density at radius 1 is 1.32 bits per heavy atom. The number of rotatable bonds is 4. The second-order valence-electron chi connectivity index (χ2n) is 5.66. The quantitative estimate of drug-likeness (QED) is 0.898. The Balaban J connectivity index is 2.13. The molecule has 0 aliphatic heterocycles. The van der Waals surface area contributed by atoms with Gasteiger partial charge in [-0.2, -0.15) is 5.10 Å². The van der Waals surface area contributed by atoms with Gasteiger partial charge in [0.25, 0.3) is 0 Å². The van der Waals surface area contributed by atoms with Crippen molar-refractivity contribution in [1.82, 2.24) is 9.78 Å². The van der Waals surface area contributed by atoms with Crippen molar-refractivity contribution in [3.63, 3.8) is 0 Å². The molecule has 3 heteroatoms. The fraction of sp³-hybridized carbons (Fsp3) is 0.312. The molecule has 1 N–H and O–H groups in total. The van der Waals surface area contributed by atoms with Crippen LogP contribution in [0.5, 0.6) is 0 Å². The first-order valence-electron chi connectivity index (χ1n) is 6.49. The van der Waals surface area contributed by atoms with Crippen LogP contribution in [0, 0.1) is 0 Å². The van der Waals surface area contributed by atoms with Crippen LogP contribution in [0.15, 0.2) is 43.2 Å². The molecule has 0 saturated heterocycles. The zero-order valence-corrected chi connectivity index (χ0v) is 11.9. The molecule has 19 heavy (non-hydrogen) atoms. The lowest BCUT2D eigenvalue weighted by Crippen LogP contribution is -2.14. The van der Waals surface area contributed by atoms with Gasteiger partial charge in [0.05, 0.1) is 6.20 Å². The summed E-state index contributed by atoms with van der Waals surface area (Å²) in [5, 5.41) is 7.66. The van der Waals surface area contributed by atoms with Crippen LogP contribution in [-0.4, -0.2) is 9.78 Å². The van der Waals surface area contributed by atoms with E-state index in [0.717, 1.165) is 12.1 Å². The number of benzene rings is 1. The summed E-state index contributed by atoms with van der Waals surface area (Å²) in [6, 6.07) is 8.44. The Hall–Kier alpha value is -2.03. The van der Waals surface area contributed by atoms with Crippen molar-refractivity contribution in [1.29, 1.82) is 0 Å². The molecule has 1 aromatic carbocycles. The molecule has 0 saturated carbocycles. The Morgan fingerprint density at radius 3 is 2.68 bits per heavy atom. The van der Waals surface area contributed by atoms with Crippen LogP contribution in [0.3, 0.4) is 0 Å². The van der Waals surface area contributed by atoms with Crippen LogP contribution in [0.25, 0.3) is 6.20 Å². The smallest absolute Gasteiger partial charge is 0.0543 e. The largest absolute Gasteiger partial charge is 0.381 e. The topological polar surface area (TPSA) is 29.9 Å². The summed E-state index contributed by atoms with van der Waals surface area (Å²) in [5.74, 6) is 0. The number of hydrogen-bond donors (Lipinski definition) is 1. The highest BCUT2D eigenvalue weighted by Gasteiger charge is 2.17. The number of anilines is 1. The van der Waals surface area contributed by atoms with Crippen LogP contribution in [-0.2, 0) is 12.0 Å². The minimum atomic E-state index is 0.134. The molecule has 0 atom stereocenters. The Morgan fingerprint density at radius 2 is 2.05 bits per heavy atom. The molecule has 0 amide bonds. The lowest BCUT2D eigenvalue weighted by Gasteiger charge is -2.23. The van der Waals surface area contributed by atoms with E-state index in [2.05, 4.69) is 62.0 Å². The molecule has 1 aromatic heterocycles. The van der Waals surface area contributed by atoms with Crippen LogP contribution < -0.4 is 5.32 Å². The normalized spacial score (nSPS) is 11.3. The van der Waals surface area contributed by atoms with Crippen molar-refractivity contribution in [2.75, 3.05) is 5.32 Å². The lowest BCUT2D eigenvalue weighted by atomic mass is 9.86. The van der Waals surface area contributed by atoms with Gasteiger partial charge in [-0.1, -0.05) is 45.5 Å². The lowest BCUT2D eigenvalue weighted by molar-refractivity contribution is 0.591. The van der Waals surface area contributed by atoms with Crippen LogP contribution in [0.4, 0.5) is 5.69 Å². The van der Waals surface area contributed by atoms with E-state index >= 15 is 0 Å². The molecule has 0 spiro atoms. The van der Waals surface area contributed by atoms with Crippen LogP contribution >= 0.6 is 0 Å². The average Bonchev–Trinajstić information content (AvgIpc) is 2.83. The Kier molecular flexibility index (Phi) is 3.74. The third-order valence-electron chi connectivity index (χ3n) is 3.06. The Bertz CT molecular complexity index is 561. The maximum atomic E-state index is 4.18. The van der Waals surface area contributed by atoms with Gasteiger partial charge in [-0.15, -0.1) is 0 Å². The van der Waals surface area contributed by atoms with E-state index in [-0.39, 0.29) is 5.41 Å². The van der Waals surface area contributed by atoms with Crippen molar-refractivity contribution in [3.05, 3.63) is 54.4 Å². The fourth-order valence-corrected chi connectivity index (χ4v) is 2.06. The maximum absolute atomic E-state index is 4.18. The van der Waals surface area contributed by atoms with Crippen molar-refractivity contribution in [2.24, 2.45) is 0 Å². The van der Waals surface area contributed by atoms with Gasteiger partial charge in [-0.3, -0.25) is 0 Å². The molecule has 0 unspecified atom stereocenters. The number of hydrogen-bond acceptors (Lipinski definition) is 2. The molecule has 2 aromatic rings. The molecule has 100 valence electrons. The van der Waals surface area contributed by atoms with Crippen molar-refractivity contribution in [3.8, 4) is 0 Å². The second-order valence-corrected chi connectivity index (χ2v) is 5.66. The summed E-state index contributed by atoms with van der Waals surface area (Å²) in [5.41, 5.74) is 3.78. The zero-order chi connectivity index (χ0) is 13.9. The van der Waals surface area contributed by atoms with Gasteiger partial charge in [0.2, 0.25) is 0 Å². The molecular formula is C16H21N3. The van der Waals surface area contributed by atoms with Gasteiger partial charge in [-0.05, 0) is 17.0 Å². The molecule has 0 bridgehead atoms. The summed E-state index contributed by atoms with van der Waals surface area (Å²) in [6.45, 7) is 11.1. The summed E-state index contributed by atoms with van der Waals surface area (Å²) in [4.78, 5) is 0. The van der Waals surface area contributed by atoms with E-state index in [1.54, 1.807) is 10.9 Å². The third kappa shape index (κ3) is 3.25. The number of aromatic nitrogens is 2. The van der Waals surface area contributed by atoms with E-state index in [9.17, 15) is 0 Å². The van der Waals surface area contributed by atoms with Crippen molar-refractivity contribution >= 4 is 11.9 Å². The van der Waals surface area contributed by atoms with Gasteiger partial charge >= 0.3 is 0 Å². The van der Waals surface area contributed by atoms with Crippen LogP contribution in [0.1, 0.15) is 31.9 Å². The van der Waals surface area contributed by atoms with Crippen LogP contribution in [0.2, 0.25) is 0 Å². The summed E-state index contributed by atoms with van der Waals surface area (Å²) in [6.07, 6.45) is 5.51. The summed E-state index contributed by atoms with van der Waals surface area (Å²) in [7, 11) is 0. The van der Waals surface area contributed by atoms with Gasteiger partial charge < -0.3 is 5.32 Å². The molecule has 1 heterocycles. The van der Waals surface area contributed by atoms with E-state index in [0.29, 0.717) is 0 Å². The SMILES string of the molecule is C=Cn1cc(CNc2ccccc2C(C)(C)C)cn1. The highest BCUT2D eigenvalue weighted by atomic mass is 15.2. The average molecular weight is 255 g/mol. The molecule has 3 nitrogen and oxygen atoms in total. The maximum Gasteiger partial charge on any atom is 0.0543 e. The number of para-hydroxylation sites is 1. The van der Waals surface area contributed by atoms with Gasteiger partial charge in [0.1, 0.15) is 0 Å². The first kappa shape index (κ1) is 13.4. The second kappa shape index (κ2) is 5.31. The molecule has 2 rings (SSSR count). The summed E-state index contributed by atoms with van der Waals surface area (Å²) >= 11 is 0. The van der Waals surface area contributed by atoms with E-state index in [1.165, 1.54) is 11.3 Å². The number of nitrogens with one attached hydrogen (secondary N) is 1. The van der Waals surface area contributed by atoms with Crippen molar-refractivity contribution in [2.45, 2.75) is 32.7 Å². The van der Waals surface area contributed by atoms with Gasteiger partial charge in [0.15, 0.2) is 0 Å². The highest BCUT2D eigenvalue weighted by molar-refractivity contribution is 5.54. The minimum Gasteiger partial charge on any atom is -0.381 e. The summed E-state index contributed by atoms with van der Waals surface area (Å²) < 4.78 is 1.71. The monoisotopic (exact) mass is 255 g/mol. The Labute approximate surface area is 115 Å². The molecule has 0 aliphatic rings. The standard InChI is InChI=1S/C16H21N3/c1-5-19-12-13(11-18-19)10-17-15-9-7-6-8-14(15)16(2,3)4/h5-9,11-12,17H,1,10H2,2-4H3. The van der Waals surface area contributed by atoms with E-state index in [4.69, 9.17) is 0 Å². The zero-order valence-electron chi connectivity index (χ0n) is 11.9.